The molecule has 2 aromatic heterocycles. The number of carbonyl (C=O) groups excluding carboxylic acids is 1. The third-order valence-electron chi connectivity index (χ3n) is 4.47. The number of hydrogen-bond acceptors (Lipinski definition) is 3. The van der Waals surface area contributed by atoms with Gasteiger partial charge in [0.15, 0.2) is 0 Å². The summed E-state index contributed by atoms with van der Waals surface area (Å²) < 4.78 is 2.03. The van der Waals surface area contributed by atoms with E-state index in [-0.39, 0.29) is 5.91 Å². The Balaban J connectivity index is 1.60. The number of fused-ring (bicyclic) bond motifs is 1. The average Bonchev–Trinajstić information content (AvgIpc) is 3.02. The Morgan fingerprint density at radius 2 is 2.00 bits per heavy atom. The maximum absolute atomic E-state index is 12.7. The molecule has 134 valence electrons. The third kappa shape index (κ3) is 3.25. The quantitative estimate of drug-likeness (QED) is 0.508. The normalized spacial score (nSPS) is 10.9. The molecule has 4 aromatic rings. The second-order valence-electron chi connectivity index (χ2n) is 6.29. The summed E-state index contributed by atoms with van der Waals surface area (Å²) in [5, 5.41) is 4.49. The van der Waals surface area contributed by atoms with Gasteiger partial charge in [-0.15, -0.1) is 0 Å². The molecule has 0 radical (unpaired) electrons. The zero-order chi connectivity index (χ0) is 19.0. The predicted octanol–water partition coefficient (Wildman–Crippen LogP) is 4.73. The first-order valence-corrected chi connectivity index (χ1v) is 8.77. The summed E-state index contributed by atoms with van der Waals surface area (Å²) in [5.41, 5.74) is 10.1. The van der Waals surface area contributed by atoms with Gasteiger partial charge in [0, 0.05) is 47.3 Å². The Kier molecular flexibility index (Phi) is 4.30. The zero-order valence-electron chi connectivity index (χ0n) is 14.6. The largest absolute Gasteiger partial charge is 0.398 e. The molecule has 0 bridgehead atoms. The number of benzene rings is 2. The second kappa shape index (κ2) is 6.78. The number of pyridine rings is 1. The number of rotatable bonds is 3. The number of nitrogens with one attached hydrogen (secondary N) is 1. The lowest BCUT2D eigenvalue weighted by atomic mass is 10.1. The third-order valence-corrected chi connectivity index (χ3v) is 4.78. The molecule has 0 saturated heterocycles. The van der Waals surface area contributed by atoms with Crippen LogP contribution in [0.2, 0.25) is 5.02 Å². The maximum atomic E-state index is 12.7. The summed E-state index contributed by atoms with van der Waals surface area (Å²) in [4.78, 5) is 16.9. The Morgan fingerprint density at radius 1 is 1.15 bits per heavy atom. The van der Waals surface area contributed by atoms with Crippen LogP contribution in [0.25, 0.3) is 22.2 Å². The fourth-order valence-corrected chi connectivity index (χ4v) is 3.30. The van der Waals surface area contributed by atoms with E-state index >= 15 is 0 Å². The van der Waals surface area contributed by atoms with E-state index in [1.807, 2.05) is 42.1 Å². The number of nitrogens with two attached hydrogens (primary N) is 1. The highest BCUT2D eigenvalue weighted by Gasteiger charge is 2.13. The van der Waals surface area contributed by atoms with Gasteiger partial charge < -0.3 is 15.6 Å². The molecule has 3 N–H and O–H groups in total. The van der Waals surface area contributed by atoms with Gasteiger partial charge in [0.05, 0.1) is 16.3 Å². The number of nitrogen functional groups attached to an aromatic ring is 1. The van der Waals surface area contributed by atoms with Crippen molar-refractivity contribution in [3.05, 3.63) is 77.6 Å². The highest BCUT2D eigenvalue weighted by atomic mass is 35.5. The van der Waals surface area contributed by atoms with Crippen molar-refractivity contribution in [1.82, 2.24) is 9.55 Å². The molecule has 2 heterocycles. The summed E-state index contributed by atoms with van der Waals surface area (Å²) in [7, 11) is 1.98. The highest BCUT2D eigenvalue weighted by molar-refractivity contribution is 6.33. The average molecular weight is 377 g/mol. The molecule has 1 amide bonds. The van der Waals surface area contributed by atoms with Crippen molar-refractivity contribution >= 4 is 39.8 Å². The lowest BCUT2D eigenvalue weighted by Gasteiger charge is -2.10. The number of nitrogens with zero attached hydrogens (tertiary/aromatic N) is 2. The van der Waals surface area contributed by atoms with E-state index in [4.69, 9.17) is 17.3 Å². The van der Waals surface area contributed by atoms with E-state index in [1.165, 1.54) is 0 Å². The second-order valence-corrected chi connectivity index (χ2v) is 6.70. The van der Waals surface area contributed by atoms with Crippen LogP contribution in [0.3, 0.4) is 0 Å². The summed E-state index contributed by atoms with van der Waals surface area (Å²) in [6.45, 7) is 0. The van der Waals surface area contributed by atoms with Crippen LogP contribution in [0.5, 0.6) is 0 Å². The molecule has 0 spiro atoms. The summed E-state index contributed by atoms with van der Waals surface area (Å²) >= 11 is 6.19. The van der Waals surface area contributed by atoms with Crippen LogP contribution < -0.4 is 11.1 Å². The summed E-state index contributed by atoms with van der Waals surface area (Å²) in [5.74, 6) is -0.263. The zero-order valence-corrected chi connectivity index (χ0v) is 15.4. The molecule has 0 aliphatic heterocycles. The minimum atomic E-state index is -0.263. The van der Waals surface area contributed by atoms with Gasteiger partial charge in [-0.2, -0.15) is 0 Å². The van der Waals surface area contributed by atoms with E-state index in [2.05, 4.69) is 10.3 Å². The molecule has 0 atom stereocenters. The van der Waals surface area contributed by atoms with Crippen LogP contribution in [0.15, 0.2) is 67.0 Å². The first-order valence-electron chi connectivity index (χ1n) is 8.40. The molecule has 5 nitrogen and oxygen atoms in total. The molecule has 0 aliphatic rings. The van der Waals surface area contributed by atoms with Crippen molar-refractivity contribution in [3.8, 4) is 11.3 Å². The minimum absolute atomic E-state index is 0.263. The van der Waals surface area contributed by atoms with Crippen LogP contribution in [-0.4, -0.2) is 15.5 Å². The van der Waals surface area contributed by atoms with Crippen LogP contribution >= 0.6 is 11.6 Å². The van der Waals surface area contributed by atoms with Crippen molar-refractivity contribution in [2.75, 3.05) is 11.1 Å². The Bertz CT molecular complexity index is 1170. The van der Waals surface area contributed by atoms with Gasteiger partial charge in [0.2, 0.25) is 0 Å². The topological polar surface area (TPSA) is 72.9 Å². The lowest BCUT2D eigenvalue weighted by molar-refractivity contribution is 0.102. The maximum Gasteiger partial charge on any atom is 0.257 e. The molecule has 27 heavy (non-hydrogen) atoms. The van der Waals surface area contributed by atoms with Crippen molar-refractivity contribution < 1.29 is 4.79 Å². The molecule has 0 unspecified atom stereocenters. The van der Waals surface area contributed by atoms with Gasteiger partial charge in [-0.1, -0.05) is 17.7 Å². The van der Waals surface area contributed by atoms with Crippen molar-refractivity contribution in [2.45, 2.75) is 0 Å². The Morgan fingerprint density at radius 3 is 2.78 bits per heavy atom. The van der Waals surface area contributed by atoms with Gasteiger partial charge in [-0.3, -0.25) is 9.78 Å². The first-order chi connectivity index (χ1) is 13.0. The standard InChI is InChI=1S/C21H17ClN4O/c1-26-10-8-13-11-15(5-7-19(13)26)25-21(27)16-6-4-14(12-18(16)23)20-17(22)3-2-9-24-20/h2-12H,23H2,1H3,(H,25,27). The van der Waals surface area contributed by atoms with E-state index in [0.29, 0.717) is 22.0 Å². The van der Waals surface area contributed by atoms with Gasteiger partial charge in [0.1, 0.15) is 0 Å². The molecular formula is C21H17ClN4O. The van der Waals surface area contributed by atoms with Crippen molar-refractivity contribution in [2.24, 2.45) is 7.05 Å². The molecular weight excluding hydrogens is 360 g/mol. The molecule has 0 saturated carbocycles. The monoisotopic (exact) mass is 376 g/mol. The number of aromatic nitrogens is 2. The van der Waals surface area contributed by atoms with Crippen LogP contribution in [0, 0.1) is 0 Å². The summed E-state index contributed by atoms with van der Waals surface area (Å²) in [6.07, 6.45) is 3.65. The van der Waals surface area contributed by atoms with Gasteiger partial charge in [-0.05, 0) is 48.5 Å². The molecule has 0 aliphatic carbocycles. The number of halogens is 1. The fraction of sp³-hybridized carbons (Fsp3) is 0.0476. The molecule has 2 aromatic carbocycles. The van der Waals surface area contributed by atoms with Gasteiger partial charge in [0.25, 0.3) is 5.91 Å². The van der Waals surface area contributed by atoms with E-state index < -0.39 is 0 Å². The van der Waals surface area contributed by atoms with E-state index in [9.17, 15) is 4.79 Å². The predicted molar refractivity (Wildman–Crippen MR) is 110 cm³/mol. The first kappa shape index (κ1) is 17.1. The Labute approximate surface area is 161 Å². The minimum Gasteiger partial charge on any atom is -0.398 e. The van der Waals surface area contributed by atoms with Crippen LogP contribution in [0.1, 0.15) is 10.4 Å². The van der Waals surface area contributed by atoms with Crippen LogP contribution in [-0.2, 0) is 7.05 Å². The molecule has 6 heteroatoms. The Hall–Kier alpha value is -3.31. The van der Waals surface area contributed by atoms with Gasteiger partial charge >= 0.3 is 0 Å². The van der Waals surface area contributed by atoms with Crippen molar-refractivity contribution in [1.29, 1.82) is 0 Å². The van der Waals surface area contributed by atoms with Crippen molar-refractivity contribution in [3.63, 3.8) is 0 Å². The summed E-state index contributed by atoms with van der Waals surface area (Å²) in [6, 6.07) is 16.5. The smallest absolute Gasteiger partial charge is 0.257 e. The molecule has 4 rings (SSSR count). The van der Waals surface area contributed by atoms with Gasteiger partial charge in [-0.25, -0.2) is 0 Å². The molecule has 0 fully saturated rings. The number of carbonyl (C=O) groups is 1. The number of amides is 1. The number of aryl methyl sites for hydroxylation is 1. The van der Waals surface area contributed by atoms with E-state index in [1.54, 1.807) is 36.5 Å². The van der Waals surface area contributed by atoms with E-state index in [0.717, 1.165) is 22.2 Å². The number of hydrogen-bond donors (Lipinski definition) is 2. The SMILES string of the molecule is Cn1ccc2cc(NC(=O)c3ccc(-c4ncccc4Cl)cc3N)ccc21. The lowest BCUT2D eigenvalue weighted by Crippen LogP contribution is -2.14. The fourth-order valence-electron chi connectivity index (χ4n) is 3.07. The number of anilines is 2. The van der Waals surface area contributed by atoms with Crippen LogP contribution in [0.4, 0.5) is 11.4 Å². The highest BCUT2D eigenvalue weighted by Crippen LogP contribution is 2.28.